The molecule has 0 aliphatic carbocycles. The molecule has 0 aromatic heterocycles. The van der Waals surface area contributed by atoms with Gasteiger partial charge in [0.05, 0.1) is 26.2 Å². The third-order valence-corrected chi connectivity index (χ3v) is 3.96. The van der Waals surface area contributed by atoms with Crippen LogP contribution in [0.5, 0.6) is 0 Å². The van der Waals surface area contributed by atoms with Crippen molar-refractivity contribution in [3.63, 3.8) is 0 Å². The van der Waals surface area contributed by atoms with Gasteiger partial charge in [0.25, 0.3) is 0 Å². The van der Waals surface area contributed by atoms with E-state index in [4.69, 9.17) is 20.4 Å². The molecule has 13 nitrogen and oxygen atoms in total. The largest absolute Gasteiger partial charge is 0.480 e. The zero-order chi connectivity index (χ0) is 23.3. The van der Waals surface area contributed by atoms with Gasteiger partial charge in [-0.2, -0.15) is 0 Å². The molecule has 0 amide bonds. The summed E-state index contributed by atoms with van der Waals surface area (Å²) in [7, 11) is 0. The number of hydrogen-bond donors (Lipinski definition) is 5. The third kappa shape index (κ3) is 12.4. The molecule has 0 spiro atoms. The summed E-state index contributed by atoms with van der Waals surface area (Å²) in [5, 5.41) is 45.2. The molecule has 170 valence electrons. The van der Waals surface area contributed by atoms with Gasteiger partial charge < -0.3 is 25.5 Å². The van der Waals surface area contributed by atoms with Crippen LogP contribution in [0, 0.1) is 0 Å². The molecule has 1 atom stereocenters. The summed E-state index contributed by atoms with van der Waals surface area (Å²) in [6.45, 7) is 0.971. The average Bonchev–Trinajstić information content (AvgIpc) is 2.57. The lowest BCUT2D eigenvalue weighted by Crippen LogP contribution is -2.49. The van der Waals surface area contributed by atoms with Gasteiger partial charge in [0, 0.05) is 26.2 Å². The number of nitrogens with zero attached hydrogens (tertiary/aromatic N) is 3. The predicted molar refractivity (Wildman–Crippen MR) is 101 cm³/mol. The molecular weight excluding hydrogens is 406 g/mol. The fourth-order valence-corrected chi connectivity index (χ4v) is 2.72. The maximum atomic E-state index is 11.6. The minimum Gasteiger partial charge on any atom is -0.480 e. The van der Waals surface area contributed by atoms with Gasteiger partial charge in [-0.15, -0.1) is 6.58 Å². The monoisotopic (exact) mass is 433 g/mol. The van der Waals surface area contributed by atoms with E-state index in [1.165, 1.54) is 11.0 Å². The normalized spacial score (nSPS) is 12.1. The first-order chi connectivity index (χ1) is 14.0. The van der Waals surface area contributed by atoms with Crippen molar-refractivity contribution < 1.29 is 49.5 Å². The van der Waals surface area contributed by atoms with Gasteiger partial charge in [0.1, 0.15) is 6.04 Å². The second-order valence-corrected chi connectivity index (χ2v) is 6.41. The van der Waals surface area contributed by atoms with E-state index in [9.17, 15) is 29.1 Å². The Hall–Kier alpha value is -3.03. The molecule has 0 aromatic carbocycles. The van der Waals surface area contributed by atoms with Crippen LogP contribution in [-0.2, 0) is 24.0 Å². The van der Waals surface area contributed by atoms with Gasteiger partial charge in [-0.25, -0.2) is 0 Å². The highest BCUT2D eigenvalue weighted by molar-refractivity contribution is 5.74. The lowest BCUT2D eigenvalue weighted by Gasteiger charge is -2.32. The molecule has 0 aromatic rings. The molecule has 5 N–H and O–H groups in total. The summed E-state index contributed by atoms with van der Waals surface area (Å²) in [5.41, 5.74) is 0. The van der Waals surface area contributed by atoms with Crippen LogP contribution in [0.1, 0.15) is 6.42 Å². The van der Waals surface area contributed by atoms with Gasteiger partial charge >= 0.3 is 29.8 Å². The first-order valence-corrected chi connectivity index (χ1v) is 8.85. The average molecular weight is 433 g/mol. The van der Waals surface area contributed by atoms with Crippen molar-refractivity contribution in [3.05, 3.63) is 12.7 Å². The van der Waals surface area contributed by atoms with Crippen molar-refractivity contribution in [2.75, 3.05) is 52.4 Å². The number of carbonyl (C=O) groups is 5. The zero-order valence-corrected chi connectivity index (χ0v) is 16.3. The molecule has 0 heterocycles. The highest BCUT2D eigenvalue weighted by Gasteiger charge is 2.26. The highest BCUT2D eigenvalue weighted by Crippen LogP contribution is 2.07. The van der Waals surface area contributed by atoms with Crippen LogP contribution < -0.4 is 0 Å². The van der Waals surface area contributed by atoms with Gasteiger partial charge in [-0.1, -0.05) is 6.08 Å². The first-order valence-electron chi connectivity index (χ1n) is 8.85. The van der Waals surface area contributed by atoms with Crippen LogP contribution in [0.4, 0.5) is 0 Å². The van der Waals surface area contributed by atoms with Crippen LogP contribution in [-0.4, -0.2) is 128 Å². The Morgan fingerprint density at radius 1 is 0.667 bits per heavy atom. The summed E-state index contributed by atoms with van der Waals surface area (Å²) in [4.78, 5) is 59.0. The molecule has 30 heavy (non-hydrogen) atoms. The molecule has 0 radical (unpaired) electrons. The molecule has 0 saturated heterocycles. The van der Waals surface area contributed by atoms with Gasteiger partial charge in [-0.3, -0.25) is 38.7 Å². The van der Waals surface area contributed by atoms with E-state index in [1.807, 2.05) is 0 Å². The molecule has 0 rings (SSSR count). The number of carboxylic acids is 5. The van der Waals surface area contributed by atoms with Crippen molar-refractivity contribution in [1.29, 1.82) is 0 Å². The van der Waals surface area contributed by atoms with Crippen molar-refractivity contribution in [2.24, 2.45) is 0 Å². The Labute approximate surface area is 172 Å². The van der Waals surface area contributed by atoms with Crippen molar-refractivity contribution in [2.45, 2.75) is 12.5 Å². The SMILES string of the molecule is C=CCC(C(=O)O)N(CCN(CC(=O)O)CC(=O)O)CCN(CC(=O)O)CC(=O)O. The van der Waals surface area contributed by atoms with E-state index in [2.05, 4.69) is 6.58 Å². The molecular formula is C17H27N3O10. The number of rotatable bonds is 18. The predicted octanol–water partition coefficient (Wildman–Crippen LogP) is -1.74. The van der Waals surface area contributed by atoms with E-state index < -0.39 is 62.1 Å². The molecule has 0 aliphatic rings. The lowest BCUT2D eigenvalue weighted by molar-refractivity contribution is -0.146. The maximum Gasteiger partial charge on any atom is 0.321 e. The van der Waals surface area contributed by atoms with Crippen LogP contribution >= 0.6 is 0 Å². The summed E-state index contributed by atoms with van der Waals surface area (Å²) in [5.74, 6) is -6.22. The number of hydrogen-bond acceptors (Lipinski definition) is 8. The standard InChI is InChI=1S/C17H27N3O10/c1-2-3-12(17(29)30)20(6-4-18(8-13(21)22)9-14(23)24)7-5-19(10-15(25)26)11-16(27)28/h2,12H,1,3-11H2,(H,21,22)(H,23,24)(H,25,26)(H,27,28)(H,29,30). The van der Waals surface area contributed by atoms with Crippen LogP contribution in [0.25, 0.3) is 0 Å². The second kappa shape index (κ2) is 14.0. The summed E-state index contributed by atoms with van der Waals surface area (Å²) >= 11 is 0. The number of aliphatic carboxylic acids is 5. The van der Waals surface area contributed by atoms with Crippen molar-refractivity contribution >= 4 is 29.8 Å². The van der Waals surface area contributed by atoms with Gasteiger partial charge in [0.2, 0.25) is 0 Å². The molecule has 13 heteroatoms. The molecule has 0 fully saturated rings. The summed E-state index contributed by atoms with van der Waals surface area (Å²) in [6, 6.07) is -1.09. The quantitative estimate of drug-likeness (QED) is 0.153. The summed E-state index contributed by atoms with van der Waals surface area (Å²) in [6.07, 6.45) is 1.38. The minimum atomic E-state index is -1.25. The fourth-order valence-electron chi connectivity index (χ4n) is 2.72. The Bertz CT molecular complexity index is 567. The smallest absolute Gasteiger partial charge is 0.321 e. The Morgan fingerprint density at radius 3 is 1.23 bits per heavy atom. The van der Waals surface area contributed by atoms with Crippen LogP contribution in [0.2, 0.25) is 0 Å². The first kappa shape index (κ1) is 27.0. The number of carboxylic acid groups (broad SMARTS) is 5. The molecule has 0 aliphatic heterocycles. The van der Waals surface area contributed by atoms with Crippen molar-refractivity contribution in [1.82, 2.24) is 14.7 Å². The van der Waals surface area contributed by atoms with Crippen LogP contribution in [0.3, 0.4) is 0 Å². The van der Waals surface area contributed by atoms with E-state index in [0.717, 1.165) is 9.80 Å². The topological polar surface area (TPSA) is 196 Å². The Balaban J connectivity index is 5.37. The Morgan fingerprint density at radius 2 is 1.00 bits per heavy atom. The van der Waals surface area contributed by atoms with Gasteiger partial charge in [-0.05, 0) is 6.42 Å². The highest BCUT2D eigenvalue weighted by atomic mass is 16.4. The van der Waals surface area contributed by atoms with E-state index in [-0.39, 0.29) is 32.6 Å². The Kier molecular flexibility index (Phi) is 12.6. The minimum absolute atomic E-state index is 0.0189. The van der Waals surface area contributed by atoms with Crippen LogP contribution in [0.15, 0.2) is 12.7 Å². The van der Waals surface area contributed by atoms with E-state index in [1.54, 1.807) is 0 Å². The summed E-state index contributed by atoms with van der Waals surface area (Å²) < 4.78 is 0. The molecule has 0 bridgehead atoms. The fraction of sp³-hybridized carbons (Fsp3) is 0.588. The van der Waals surface area contributed by atoms with E-state index in [0.29, 0.717) is 0 Å². The zero-order valence-electron chi connectivity index (χ0n) is 16.3. The van der Waals surface area contributed by atoms with Gasteiger partial charge in [0.15, 0.2) is 0 Å². The molecule has 1 unspecified atom stereocenters. The second-order valence-electron chi connectivity index (χ2n) is 6.41. The van der Waals surface area contributed by atoms with Crippen molar-refractivity contribution in [3.8, 4) is 0 Å². The van der Waals surface area contributed by atoms with E-state index >= 15 is 0 Å². The third-order valence-electron chi connectivity index (χ3n) is 3.96. The lowest BCUT2D eigenvalue weighted by atomic mass is 10.1. The molecule has 0 saturated carbocycles. The maximum absolute atomic E-state index is 11.6.